The van der Waals surface area contributed by atoms with Gasteiger partial charge in [-0.15, -0.1) is 0 Å². The zero-order valence-corrected chi connectivity index (χ0v) is 9.12. The van der Waals surface area contributed by atoms with Crippen molar-refractivity contribution < 1.29 is 4.79 Å². The molecule has 0 aromatic carbocycles. The first-order valence-corrected chi connectivity index (χ1v) is 5.54. The minimum absolute atomic E-state index is 0.000106. The lowest BCUT2D eigenvalue weighted by molar-refractivity contribution is -0.122. The molecule has 0 bridgehead atoms. The van der Waals surface area contributed by atoms with Gasteiger partial charge in [0.25, 0.3) is 0 Å². The lowest BCUT2D eigenvalue weighted by Gasteiger charge is -2.27. The molecule has 84 valence electrons. The monoisotopic (exact) mass is 210 g/mol. The van der Waals surface area contributed by atoms with E-state index >= 15 is 0 Å². The fraction of sp³-hybridized carbons (Fsp3) is 0.800. The van der Waals surface area contributed by atoms with E-state index in [1.165, 1.54) is 0 Å². The summed E-state index contributed by atoms with van der Waals surface area (Å²) in [6.45, 7) is 7.20. The molecule has 1 fully saturated rings. The summed E-state index contributed by atoms with van der Waals surface area (Å²) in [5.74, 6) is 0.0579. The molecule has 2 aliphatic heterocycles. The van der Waals surface area contributed by atoms with Crippen LogP contribution in [-0.2, 0) is 4.79 Å². The molecule has 5 nitrogen and oxygen atoms in total. The quantitative estimate of drug-likeness (QED) is 0.654. The number of carbonyl (C=O) groups excluding carboxylic acids is 1. The molecule has 1 amide bonds. The maximum Gasteiger partial charge on any atom is 0.248 e. The molecule has 0 spiro atoms. The maximum atomic E-state index is 11.4. The summed E-state index contributed by atoms with van der Waals surface area (Å²) in [4.78, 5) is 13.8. The Balaban J connectivity index is 1.77. The molecule has 1 saturated heterocycles. The summed E-state index contributed by atoms with van der Waals surface area (Å²) < 4.78 is 0. The van der Waals surface area contributed by atoms with Crippen LogP contribution >= 0.6 is 0 Å². The Hall–Kier alpha value is -0.940. The van der Waals surface area contributed by atoms with Gasteiger partial charge in [0, 0.05) is 31.9 Å². The summed E-state index contributed by atoms with van der Waals surface area (Å²) >= 11 is 0. The zero-order chi connectivity index (χ0) is 10.7. The first kappa shape index (κ1) is 10.6. The number of carbonyl (C=O) groups is 1. The van der Waals surface area contributed by atoms with Gasteiger partial charge in [-0.2, -0.15) is 5.10 Å². The number of hydrazone groups is 1. The Morgan fingerprint density at radius 3 is 2.80 bits per heavy atom. The van der Waals surface area contributed by atoms with Gasteiger partial charge in [-0.3, -0.25) is 4.79 Å². The van der Waals surface area contributed by atoms with Crippen molar-refractivity contribution in [2.45, 2.75) is 13.3 Å². The Morgan fingerprint density at radius 1 is 1.47 bits per heavy atom. The average Bonchev–Trinajstić information content (AvgIpc) is 2.58. The molecule has 0 radical (unpaired) electrons. The molecule has 0 saturated carbocycles. The second-order valence-corrected chi connectivity index (χ2v) is 4.16. The van der Waals surface area contributed by atoms with E-state index in [0.29, 0.717) is 0 Å². The average molecular weight is 210 g/mol. The van der Waals surface area contributed by atoms with Gasteiger partial charge in [0.2, 0.25) is 5.91 Å². The lowest BCUT2D eigenvalue weighted by Crippen LogP contribution is -2.44. The second kappa shape index (κ2) is 4.72. The number of nitrogens with zero attached hydrogens (tertiary/aromatic N) is 2. The first-order chi connectivity index (χ1) is 7.27. The highest BCUT2D eigenvalue weighted by Gasteiger charge is 2.27. The lowest BCUT2D eigenvalue weighted by atomic mass is 10.0. The summed E-state index contributed by atoms with van der Waals surface area (Å²) in [6.07, 6.45) is 0.890. The van der Waals surface area contributed by atoms with Crippen LogP contribution in [0.1, 0.15) is 13.3 Å². The van der Waals surface area contributed by atoms with Crippen LogP contribution in [0.5, 0.6) is 0 Å². The summed E-state index contributed by atoms with van der Waals surface area (Å²) in [7, 11) is 0. The molecule has 2 aliphatic rings. The highest BCUT2D eigenvalue weighted by molar-refractivity contribution is 6.06. The van der Waals surface area contributed by atoms with Crippen LogP contribution in [0.25, 0.3) is 0 Å². The molecule has 15 heavy (non-hydrogen) atoms. The van der Waals surface area contributed by atoms with Crippen LogP contribution in [0, 0.1) is 5.92 Å². The van der Waals surface area contributed by atoms with Gasteiger partial charge < -0.3 is 10.2 Å². The van der Waals surface area contributed by atoms with Crippen LogP contribution in [-0.4, -0.2) is 49.2 Å². The van der Waals surface area contributed by atoms with E-state index in [-0.39, 0.29) is 11.8 Å². The number of hydrogen-bond acceptors (Lipinski definition) is 4. The van der Waals surface area contributed by atoms with Crippen molar-refractivity contribution in [3.8, 4) is 0 Å². The van der Waals surface area contributed by atoms with Gasteiger partial charge >= 0.3 is 0 Å². The number of piperazine rings is 1. The molecular weight excluding hydrogens is 192 g/mol. The summed E-state index contributed by atoms with van der Waals surface area (Å²) in [5.41, 5.74) is 3.45. The van der Waals surface area contributed by atoms with E-state index in [0.717, 1.165) is 44.9 Å². The fourth-order valence-corrected chi connectivity index (χ4v) is 2.08. The van der Waals surface area contributed by atoms with Crippen molar-refractivity contribution in [1.29, 1.82) is 0 Å². The second-order valence-electron chi connectivity index (χ2n) is 4.16. The molecule has 0 aromatic rings. The van der Waals surface area contributed by atoms with E-state index in [1.807, 2.05) is 6.92 Å². The van der Waals surface area contributed by atoms with Gasteiger partial charge in [-0.25, -0.2) is 5.43 Å². The first-order valence-electron chi connectivity index (χ1n) is 5.54. The highest BCUT2D eigenvalue weighted by atomic mass is 16.2. The smallest absolute Gasteiger partial charge is 0.248 e. The van der Waals surface area contributed by atoms with Crippen molar-refractivity contribution in [2.24, 2.45) is 11.0 Å². The van der Waals surface area contributed by atoms with Crippen molar-refractivity contribution in [3.05, 3.63) is 0 Å². The van der Waals surface area contributed by atoms with E-state index < -0.39 is 0 Å². The number of hydrogen-bond donors (Lipinski definition) is 2. The number of amides is 1. The van der Waals surface area contributed by atoms with Crippen LogP contribution in [0.4, 0.5) is 0 Å². The largest absolute Gasteiger partial charge is 0.314 e. The van der Waals surface area contributed by atoms with Crippen molar-refractivity contribution in [3.63, 3.8) is 0 Å². The van der Waals surface area contributed by atoms with E-state index in [4.69, 9.17) is 0 Å². The van der Waals surface area contributed by atoms with Gasteiger partial charge in [0.05, 0.1) is 5.92 Å². The predicted molar refractivity (Wildman–Crippen MR) is 58.7 cm³/mol. The molecule has 5 heteroatoms. The maximum absolute atomic E-state index is 11.4. The van der Waals surface area contributed by atoms with Crippen LogP contribution in [0.2, 0.25) is 0 Å². The van der Waals surface area contributed by atoms with Crippen molar-refractivity contribution in [2.75, 3.05) is 32.7 Å². The number of nitrogens with one attached hydrogen (secondary N) is 2. The van der Waals surface area contributed by atoms with Crippen LogP contribution in [0.15, 0.2) is 5.10 Å². The zero-order valence-electron chi connectivity index (χ0n) is 9.12. The fourth-order valence-electron chi connectivity index (χ4n) is 2.08. The molecule has 0 aliphatic carbocycles. The molecular formula is C10H18N4O. The van der Waals surface area contributed by atoms with Gasteiger partial charge in [-0.1, -0.05) is 0 Å². The number of rotatable bonds is 3. The topological polar surface area (TPSA) is 56.7 Å². The van der Waals surface area contributed by atoms with E-state index in [2.05, 4.69) is 20.7 Å². The minimum Gasteiger partial charge on any atom is -0.314 e. The molecule has 2 heterocycles. The summed E-state index contributed by atoms with van der Waals surface area (Å²) in [5, 5.41) is 7.26. The molecule has 2 N–H and O–H groups in total. The van der Waals surface area contributed by atoms with Gasteiger partial charge in [-0.05, 0) is 19.9 Å². The standard InChI is InChI=1S/C10H18N4O/c1-8-9(10(15)13-12-8)2-5-14-6-3-11-4-7-14/h9,11H,2-7H2,1H3,(H,13,15). The van der Waals surface area contributed by atoms with E-state index in [9.17, 15) is 4.79 Å². The normalized spacial score (nSPS) is 27.7. The van der Waals surface area contributed by atoms with Crippen LogP contribution < -0.4 is 10.7 Å². The van der Waals surface area contributed by atoms with Crippen molar-refractivity contribution >= 4 is 11.6 Å². The Bertz CT molecular complexity index is 271. The molecule has 1 unspecified atom stereocenters. The predicted octanol–water partition coefficient (Wildman–Crippen LogP) is -0.596. The van der Waals surface area contributed by atoms with Crippen molar-refractivity contribution in [1.82, 2.24) is 15.6 Å². The Kier molecular flexibility index (Phi) is 3.33. The molecule has 1 atom stereocenters. The Morgan fingerprint density at radius 2 is 2.20 bits per heavy atom. The summed E-state index contributed by atoms with van der Waals surface area (Å²) in [6, 6.07) is 0. The highest BCUT2D eigenvalue weighted by Crippen LogP contribution is 2.12. The van der Waals surface area contributed by atoms with Gasteiger partial charge in [0.15, 0.2) is 0 Å². The SMILES string of the molecule is CC1=NNC(=O)C1CCN1CCNCC1. The third-order valence-electron chi connectivity index (χ3n) is 3.11. The van der Waals surface area contributed by atoms with Crippen LogP contribution in [0.3, 0.4) is 0 Å². The van der Waals surface area contributed by atoms with Gasteiger partial charge in [0.1, 0.15) is 0 Å². The molecule has 2 rings (SSSR count). The Labute approximate surface area is 89.9 Å². The minimum atomic E-state index is -0.000106. The third-order valence-corrected chi connectivity index (χ3v) is 3.11. The van der Waals surface area contributed by atoms with E-state index in [1.54, 1.807) is 0 Å². The molecule has 0 aromatic heterocycles. The third kappa shape index (κ3) is 2.54.